The summed E-state index contributed by atoms with van der Waals surface area (Å²) < 4.78 is 0.878. The Balaban J connectivity index is 2.33. The molecule has 0 saturated carbocycles. The number of benzene rings is 1. The molecule has 2 aromatic rings. The van der Waals surface area contributed by atoms with E-state index in [1.807, 2.05) is 25.1 Å². The SMILES string of the molecule is Cc1ccc(Nc2cc(C(=O)O)c(N)cn2)c(Br)c1. The first-order valence-corrected chi connectivity index (χ1v) is 6.28. The third kappa shape index (κ3) is 3.03. The largest absolute Gasteiger partial charge is 0.478 e. The molecule has 0 spiro atoms. The monoisotopic (exact) mass is 321 g/mol. The van der Waals surface area contributed by atoms with Gasteiger partial charge in [0.05, 0.1) is 23.1 Å². The predicted molar refractivity (Wildman–Crippen MR) is 77.8 cm³/mol. The van der Waals surface area contributed by atoms with Crippen molar-refractivity contribution in [2.24, 2.45) is 0 Å². The first kappa shape index (κ1) is 13.4. The summed E-state index contributed by atoms with van der Waals surface area (Å²) in [6, 6.07) is 7.20. The van der Waals surface area contributed by atoms with Crippen molar-refractivity contribution in [1.82, 2.24) is 4.98 Å². The maximum atomic E-state index is 11.0. The van der Waals surface area contributed by atoms with Crippen LogP contribution in [0.25, 0.3) is 0 Å². The quantitative estimate of drug-likeness (QED) is 0.808. The summed E-state index contributed by atoms with van der Waals surface area (Å²) in [6.45, 7) is 1.98. The van der Waals surface area contributed by atoms with Gasteiger partial charge < -0.3 is 16.2 Å². The molecule has 0 amide bonds. The molecule has 19 heavy (non-hydrogen) atoms. The summed E-state index contributed by atoms with van der Waals surface area (Å²) in [5.41, 5.74) is 7.65. The number of carboxylic acids is 1. The first-order chi connectivity index (χ1) is 8.97. The molecule has 1 aromatic carbocycles. The lowest BCUT2D eigenvalue weighted by Gasteiger charge is -2.10. The number of aromatic carboxylic acids is 1. The van der Waals surface area contributed by atoms with Gasteiger partial charge in [0, 0.05) is 4.47 Å². The van der Waals surface area contributed by atoms with E-state index < -0.39 is 5.97 Å². The number of halogens is 1. The van der Waals surface area contributed by atoms with E-state index in [0.717, 1.165) is 15.7 Å². The van der Waals surface area contributed by atoms with Crippen molar-refractivity contribution in [3.63, 3.8) is 0 Å². The minimum Gasteiger partial charge on any atom is -0.478 e. The fraction of sp³-hybridized carbons (Fsp3) is 0.0769. The summed E-state index contributed by atoms with van der Waals surface area (Å²) in [6.07, 6.45) is 1.33. The van der Waals surface area contributed by atoms with Crippen LogP contribution in [0.15, 0.2) is 34.9 Å². The van der Waals surface area contributed by atoms with E-state index in [0.29, 0.717) is 5.82 Å². The van der Waals surface area contributed by atoms with Gasteiger partial charge in [0.1, 0.15) is 5.82 Å². The maximum absolute atomic E-state index is 11.0. The molecular weight excluding hydrogens is 310 g/mol. The van der Waals surface area contributed by atoms with Gasteiger partial charge in [-0.3, -0.25) is 0 Å². The van der Waals surface area contributed by atoms with Crippen LogP contribution in [0, 0.1) is 6.92 Å². The zero-order chi connectivity index (χ0) is 14.0. The Morgan fingerprint density at radius 1 is 1.42 bits per heavy atom. The van der Waals surface area contributed by atoms with E-state index in [4.69, 9.17) is 10.8 Å². The van der Waals surface area contributed by atoms with Crippen molar-refractivity contribution in [3.05, 3.63) is 46.1 Å². The molecule has 0 atom stereocenters. The van der Waals surface area contributed by atoms with Gasteiger partial charge in [0.15, 0.2) is 0 Å². The summed E-state index contributed by atoms with van der Waals surface area (Å²) in [7, 11) is 0. The molecule has 1 heterocycles. The molecule has 0 fully saturated rings. The van der Waals surface area contributed by atoms with Gasteiger partial charge in [-0.25, -0.2) is 9.78 Å². The Bertz CT molecular complexity index is 644. The number of carboxylic acid groups (broad SMARTS) is 1. The van der Waals surface area contributed by atoms with Crippen LogP contribution in [0.2, 0.25) is 0 Å². The number of aryl methyl sites for hydroxylation is 1. The third-order valence-electron chi connectivity index (χ3n) is 2.55. The molecule has 0 aliphatic carbocycles. The highest BCUT2D eigenvalue weighted by Crippen LogP contribution is 2.27. The second-order valence-electron chi connectivity index (χ2n) is 4.07. The highest BCUT2D eigenvalue weighted by atomic mass is 79.9. The van der Waals surface area contributed by atoms with Gasteiger partial charge >= 0.3 is 5.97 Å². The van der Waals surface area contributed by atoms with Gasteiger partial charge in [-0.1, -0.05) is 6.07 Å². The average molecular weight is 322 g/mol. The average Bonchev–Trinajstić information content (AvgIpc) is 2.34. The van der Waals surface area contributed by atoms with Crippen LogP contribution in [-0.2, 0) is 0 Å². The number of rotatable bonds is 3. The van der Waals surface area contributed by atoms with Crippen molar-refractivity contribution < 1.29 is 9.90 Å². The van der Waals surface area contributed by atoms with Crippen molar-refractivity contribution in [3.8, 4) is 0 Å². The number of nitrogens with one attached hydrogen (secondary N) is 1. The zero-order valence-corrected chi connectivity index (χ0v) is 11.7. The van der Waals surface area contributed by atoms with Crippen molar-refractivity contribution in [2.45, 2.75) is 6.92 Å². The molecule has 0 bridgehead atoms. The number of pyridine rings is 1. The van der Waals surface area contributed by atoms with E-state index in [-0.39, 0.29) is 11.3 Å². The zero-order valence-electron chi connectivity index (χ0n) is 10.1. The van der Waals surface area contributed by atoms with Gasteiger partial charge in [0.25, 0.3) is 0 Å². The molecule has 98 valence electrons. The highest BCUT2D eigenvalue weighted by Gasteiger charge is 2.10. The van der Waals surface area contributed by atoms with Crippen LogP contribution < -0.4 is 11.1 Å². The Morgan fingerprint density at radius 3 is 2.79 bits per heavy atom. The first-order valence-electron chi connectivity index (χ1n) is 5.49. The third-order valence-corrected chi connectivity index (χ3v) is 3.21. The summed E-state index contributed by atoms with van der Waals surface area (Å²) in [4.78, 5) is 15.1. The van der Waals surface area contributed by atoms with Gasteiger partial charge in [-0.15, -0.1) is 0 Å². The fourth-order valence-electron chi connectivity index (χ4n) is 1.58. The number of nitrogens with zero attached hydrogens (tertiary/aromatic N) is 1. The molecule has 0 unspecified atom stereocenters. The molecule has 5 nitrogen and oxygen atoms in total. The van der Waals surface area contributed by atoms with Crippen molar-refractivity contribution in [2.75, 3.05) is 11.1 Å². The van der Waals surface area contributed by atoms with E-state index in [2.05, 4.69) is 26.2 Å². The molecule has 1 aromatic heterocycles. The Morgan fingerprint density at radius 2 is 2.16 bits per heavy atom. The molecule has 0 aliphatic rings. The van der Waals surface area contributed by atoms with Crippen molar-refractivity contribution in [1.29, 1.82) is 0 Å². The molecule has 0 saturated heterocycles. The van der Waals surface area contributed by atoms with Crippen LogP contribution in [0.5, 0.6) is 0 Å². The van der Waals surface area contributed by atoms with Crippen LogP contribution in [0.3, 0.4) is 0 Å². The lowest BCUT2D eigenvalue weighted by Crippen LogP contribution is -2.05. The number of aromatic nitrogens is 1. The van der Waals surface area contributed by atoms with Crippen LogP contribution >= 0.6 is 15.9 Å². The Kier molecular flexibility index (Phi) is 3.71. The number of nitrogen functional groups attached to an aromatic ring is 1. The lowest BCUT2D eigenvalue weighted by molar-refractivity contribution is 0.0698. The molecule has 4 N–H and O–H groups in total. The minimum atomic E-state index is -1.08. The number of hydrogen-bond donors (Lipinski definition) is 3. The summed E-state index contributed by atoms with van der Waals surface area (Å²) >= 11 is 3.44. The predicted octanol–water partition coefficient (Wildman–Crippen LogP) is 3.18. The van der Waals surface area contributed by atoms with Crippen LogP contribution in [0.1, 0.15) is 15.9 Å². The maximum Gasteiger partial charge on any atom is 0.337 e. The number of nitrogens with two attached hydrogens (primary N) is 1. The second kappa shape index (κ2) is 5.27. The van der Waals surface area contributed by atoms with Gasteiger partial charge in [-0.05, 0) is 46.6 Å². The lowest BCUT2D eigenvalue weighted by atomic mass is 10.2. The molecule has 0 aliphatic heterocycles. The molecule has 2 rings (SSSR count). The standard InChI is InChI=1S/C13H12BrN3O2/c1-7-2-3-11(9(14)4-7)17-12-5-8(13(18)19)10(15)6-16-12/h2-6H,15H2,1H3,(H,16,17)(H,18,19). The topological polar surface area (TPSA) is 88.2 Å². The number of anilines is 3. The van der Waals surface area contributed by atoms with Crippen LogP contribution in [-0.4, -0.2) is 16.1 Å². The minimum absolute atomic E-state index is 0.0285. The van der Waals surface area contributed by atoms with E-state index in [1.165, 1.54) is 12.3 Å². The molecule has 6 heteroatoms. The molecular formula is C13H12BrN3O2. The van der Waals surface area contributed by atoms with Gasteiger partial charge in [0.2, 0.25) is 0 Å². The number of carbonyl (C=O) groups is 1. The second-order valence-corrected chi connectivity index (χ2v) is 4.92. The molecule has 0 radical (unpaired) electrons. The van der Waals surface area contributed by atoms with Crippen molar-refractivity contribution >= 4 is 39.1 Å². The number of hydrogen-bond acceptors (Lipinski definition) is 4. The summed E-state index contributed by atoms with van der Waals surface area (Å²) in [5, 5.41) is 12.0. The smallest absolute Gasteiger partial charge is 0.337 e. The summed E-state index contributed by atoms with van der Waals surface area (Å²) in [5.74, 6) is -0.651. The van der Waals surface area contributed by atoms with E-state index >= 15 is 0 Å². The Labute approximate surface area is 118 Å². The van der Waals surface area contributed by atoms with E-state index in [1.54, 1.807) is 0 Å². The fourth-order valence-corrected chi connectivity index (χ4v) is 2.17. The normalized spacial score (nSPS) is 10.2. The Hall–Kier alpha value is -2.08. The van der Waals surface area contributed by atoms with E-state index in [9.17, 15) is 4.79 Å². The van der Waals surface area contributed by atoms with Crippen LogP contribution in [0.4, 0.5) is 17.2 Å². The highest BCUT2D eigenvalue weighted by molar-refractivity contribution is 9.10. The van der Waals surface area contributed by atoms with Gasteiger partial charge in [-0.2, -0.15) is 0 Å².